The molecule has 1 heterocycles. The molecule has 2 aromatic rings. The van der Waals surface area contributed by atoms with Gasteiger partial charge in [-0.2, -0.15) is 10.2 Å². The number of fused-ring (bicyclic) bond motifs is 1. The lowest BCUT2D eigenvalue weighted by Crippen LogP contribution is -1.90. The van der Waals surface area contributed by atoms with E-state index in [-0.39, 0.29) is 0 Å². The fourth-order valence-corrected chi connectivity index (χ4v) is 1.26. The minimum atomic E-state index is 0.755. The summed E-state index contributed by atoms with van der Waals surface area (Å²) in [5.41, 5.74) is 7.69. The molecule has 1 aromatic heterocycles. The van der Waals surface area contributed by atoms with Crippen LogP contribution in [-0.4, -0.2) is 10.2 Å². The van der Waals surface area contributed by atoms with Crippen molar-refractivity contribution in [1.29, 1.82) is 0 Å². The molecule has 0 aliphatic rings. The first kappa shape index (κ1) is 7.03. The van der Waals surface area contributed by atoms with Gasteiger partial charge in [0.25, 0.3) is 0 Å². The molecule has 0 radical (unpaired) electrons. The normalized spacial score (nSPS) is 10.4. The lowest BCUT2D eigenvalue weighted by Gasteiger charge is -2.02. The fourth-order valence-electron chi connectivity index (χ4n) is 1.26. The molecule has 3 heteroatoms. The zero-order valence-corrected chi connectivity index (χ0v) is 6.78. The topological polar surface area (TPSA) is 51.8 Å². The van der Waals surface area contributed by atoms with E-state index < -0.39 is 0 Å². The van der Waals surface area contributed by atoms with Crippen molar-refractivity contribution in [2.24, 2.45) is 0 Å². The van der Waals surface area contributed by atoms with Crippen LogP contribution in [0.15, 0.2) is 24.5 Å². The van der Waals surface area contributed by atoms with Gasteiger partial charge in [-0.05, 0) is 18.6 Å². The first-order valence-corrected chi connectivity index (χ1v) is 3.74. The van der Waals surface area contributed by atoms with Crippen molar-refractivity contribution in [3.63, 3.8) is 0 Å². The van der Waals surface area contributed by atoms with E-state index in [9.17, 15) is 0 Å². The summed E-state index contributed by atoms with van der Waals surface area (Å²) in [5, 5.41) is 9.65. The molecule has 60 valence electrons. The van der Waals surface area contributed by atoms with Gasteiger partial charge < -0.3 is 5.73 Å². The highest BCUT2D eigenvalue weighted by atomic mass is 15.1. The highest BCUT2D eigenvalue weighted by Gasteiger charge is 1.99. The van der Waals surface area contributed by atoms with Gasteiger partial charge in [-0.25, -0.2) is 0 Å². The SMILES string of the molecule is Cc1ccc(N)c2cnncc12. The summed E-state index contributed by atoms with van der Waals surface area (Å²) in [6.45, 7) is 2.03. The molecule has 0 unspecified atom stereocenters. The van der Waals surface area contributed by atoms with Crippen molar-refractivity contribution in [2.45, 2.75) is 6.92 Å². The summed E-state index contributed by atoms with van der Waals surface area (Å²) in [6.07, 6.45) is 3.43. The molecule has 1 aromatic carbocycles. The highest BCUT2D eigenvalue weighted by molar-refractivity contribution is 5.93. The molecule has 0 saturated heterocycles. The zero-order valence-electron chi connectivity index (χ0n) is 6.78. The van der Waals surface area contributed by atoms with E-state index in [1.54, 1.807) is 12.4 Å². The van der Waals surface area contributed by atoms with Gasteiger partial charge in [-0.1, -0.05) is 6.07 Å². The van der Waals surface area contributed by atoms with Crippen LogP contribution >= 0.6 is 0 Å². The van der Waals surface area contributed by atoms with Crippen LogP contribution in [0.2, 0.25) is 0 Å². The summed E-state index contributed by atoms with van der Waals surface area (Å²) in [6, 6.07) is 3.87. The Kier molecular flexibility index (Phi) is 1.43. The molecule has 0 saturated carbocycles. The third kappa shape index (κ3) is 0.906. The molecular formula is C9H9N3. The molecule has 0 fully saturated rings. The predicted octanol–water partition coefficient (Wildman–Crippen LogP) is 1.52. The van der Waals surface area contributed by atoms with Gasteiger partial charge in [0, 0.05) is 16.5 Å². The molecule has 0 amide bonds. The Morgan fingerprint density at radius 1 is 1.08 bits per heavy atom. The molecule has 12 heavy (non-hydrogen) atoms. The summed E-state index contributed by atoms with van der Waals surface area (Å²) in [5.74, 6) is 0. The number of hydrogen-bond acceptors (Lipinski definition) is 3. The first-order valence-electron chi connectivity index (χ1n) is 3.74. The fraction of sp³-hybridized carbons (Fsp3) is 0.111. The first-order chi connectivity index (χ1) is 5.79. The number of nitrogen functional groups attached to an aromatic ring is 1. The summed E-state index contributed by atoms with van der Waals surface area (Å²) < 4.78 is 0. The maximum Gasteiger partial charge on any atom is 0.0595 e. The number of hydrogen-bond donors (Lipinski definition) is 1. The summed E-state index contributed by atoms with van der Waals surface area (Å²) in [4.78, 5) is 0. The van der Waals surface area contributed by atoms with Crippen LogP contribution in [0, 0.1) is 6.92 Å². The Balaban J connectivity index is 2.95. The van der Waals surface area contributed by atoms with Gasteiger partial charge in [0.1, 0.15) is 0 Å². The summed E-state index contributed by atoms with van der Waals surface area (Å²) >= 11 is 0. The van der Waals surface area contributed by atoms with E-state index in [1.165, 1.54) is 5.56 Å². The van der Waals surface area contributed by atoms with Crippen LogP contribution in [0.1, 0.15) is 5.56 Å². The third-order valence-corrected chi connectivity index (χ3v) is 1.98. The Morgan fingerprint density at radius 3 is 2.42 bits per heavy atom. The maximum atomic E-state index is 5.76. The number of aromatic nitrogens is 2. The molecular weight excluding hydrogens is 150 g/mol. The Labute approximate surface area is 70.2 Å². The van der Waals surface area contributed by atoms with Crippen molar-refractivity contribution in [3.8, 4) is 0 Å². The number of anilines is 1. The smallest absolute Gasteiger partial charge is 0.0595 e. The zero-order chi connectivity index (χ0) is 8.55. The van der Waals surface area contributed by atoms with Crippen LogP contribution in [0.3, 0.4) is 0 Å². The predicted molar refractivity (Wildman–Crippen MR) is 48.7 cm³/mol. The van der Waals surface area contributed by atoms with Crippen molar-refractivity contribution >= 4 is 16.5 Å². The largest absolute Gasteiger partial charge is 0.398 e. The van der Waals surface area contributed by atoms with E-state index in [0.717, 1.165) is 16.5 Å². The van der Waals surface area contributed by atoms with Gasteiger partial charge in [0.05, 0.1) is 12.4 Å². The second-order valence-corrected chi connectivity index (χ2v) is 2.79. The number of nitrogens with zero attached hydrogens (tertiary/aromatic N) is 2. The quantitative estimate of drug-likeness (QED) is 0.593. The van der Waals surface area contributed by atoms with Crippen molar-refractivity contribution in [3.05, 3.63) is 30.1 Å². The van der Waals surface area contributed by atoms with E-state index in [0.29, 0.717) is 0 Å². The maximum absolute atomic E-state index is 5.76. The van der Waals surface area contributed by atoms with Crippen molar-refractivity contribution in [2.75, 3.05) is 5.73 Å². The monoisotopic (exact) mass is 159 g/mol. The standard InChI is InChI=1S/C9H9N3/c1-6-2-3-9(10)8-5-12-11-4-7(6)8/h2-5H,10H2,1H3. The van der Waals surface area contributed by atoms with E-state index >= 15 is 0 Å². The van der Waals surface area contributed by atoms with Crippen LogP contribution in [0.25, 0.3) is 10.8 Å². The number of benzene rings is 1. The Morgan fingerprint density at radius 2 is 1.75 bits per heavy atom. The van der Waals surface area contributed by atoms with Crippen LogP contribution in [0.5, 0.6) is 0 Å². The van der Waals surface area contributed by atoms with E-state index in [4.69, 9.17) is 5.73 Å². The van der Waals surface area contributed by atoms with Gasteiger partial charge in [-0.15, -0.1) is 0 Å². The third-order valence-electron chi connectivity index (χ3n) is 1.98. The Hall–Kier alpha value is -1.64. The van der Waals surface area contributed by atoms with Gasteiger partial charge >= 0.3 is 0 Å². The number of aryl methyl sites for hydroxylation is 1. The van der Waals surface area contributed by atoms with Crippen LogP contribution in [0.4, 0.5) is 5.69 Å². The Bertz CT molecular complexity index is 383. The molecule has 0 aliphatic heterocycles. The van der Waals surface area contributed by atoms with E-state index in [2.05, 4.69) is 10.2 Å². The molecule has 2 N–H and O–H groups in total. The second kappa shape index (κ2) is 2.44. The molecule has 0 spiro atoms. The van der Waals surface area contributed by atoms with Crippen LogP contribution in [-0.2, 0) is 0 Å². The average Bonchev–Trinajstić information content (AvgIpc) is 2.12. The van der Waals surface area contributed by atoms with Gasteiger partial charge in [0.2, 0.25) is 0 Å². The molecule has 0 atom stereocenters. The van der Waals surface area contributed by atoms with Gasteiger partial charge in [0.15, 0.2) is 0 Å². The second-order valence-electron chi connectivity index (χ2n) is 2.79. The molecule has 0 aliphatic carbocycles. The minimum absolute atomic E-state index is 0.755. The minimum Gasteiger partial charge on any atom is -0.398 e. The lowest BCUT2D eigenvalue weighted by atomic mass is 10.1. The van der Waals surface area contributed by atoms with Crippen molar-refractivity contribution in [1.82, 2.24) is 10.2 Å². The van der Waals surface area contributed by atoms with Crippen molar-refractivity contribution < 1.29 is 0 Å². The molecule has 0 bridgehead atoms. The summed E-state index contributed by atoms with van der Waals surface area (Å²) in [7, 11) is 0. The average molecular weight is 159 g/mol. The number of rotatable bonds is 0. The van der Waals surface area contributed by atoms with Crippen LogP contribution < -0.4 is 5.73 Å². The highest BCUT2D eigenvalue weighted by Crippen LogP contribution is 2.21. The van der Waals surface area contributed by atoms with E-state index in [1.807, 2.05) is 19.1 Å². The molecule has 3 nitrogen and oxygen atoms in total. The lowest BCUT2D eigenvalue weighted by molar-refractivity contribution is 1.05. The number of nitrogens with two attached hydrogens (primary N) is 1. The molecule has 2 rings (SSSR count). The van der Waals surface area contributed by atoms with Gasteiger partial charge in [-0.3, -0.25) is 0 Å².